The Morgan fingerprint density at radius 1 is 1.13 bits per heavy atom. The first-order valence-corrected chi connectivity index (χ1v) is 9.23. The molecule has 3 heterocycles. The van der Waals surface area contributed by atoms with Gasteiger partial charge in [-0.3, -0.25) is 13.9 Å². The zero-order chi connectivity index (χ0) is 21.8. The molecule has 0 bridgehead atoms. The van der Waals surface area contributed by atoms with Crippen molar-refractivity contribution in [1.82, 2.24) is 23.7 Å². The second-order valence-electron chi connectivity index (χ2n) is 7.49. The van der Waals surface area contributed by atoms with Gasteiger partial charge in [0.15, 0.2) is 5.69 Å². The van der Waals surface area contributed by atoms with E-state index in [2.05, 4.69) is 10.1 Å². The minimum absolute atomic E-state index is 0.107. The monoisotopic (exact) mass is 433 g/mol. The lowest BCUT2D eigenvalue weighted by molar-refractivity contribution is -0.140. The Bertz CT molecular complexity index is 1150. The van der Waals surface area contributed by atoms with Crippen molar-refractivity contribution in [3.05, 3.63) is 40.3 Å². The van der Waals surface area contributed by atoms with Crippen LogP contribution in [0.1, 0.15) is 30.7 Å². The van der Waals surface area contributed by atoms with Crippen LogP contribution in [0.15, 0.2) is 23.4 Å². The summed E-state index contributed by atoms with van der Waals surface area (Å²) in [7, 11) is 0. The Kier molecular flexibility index (Phi) is 4.70. The predicted molar refractivity (Wildman–Crippen MR) is 93.8 cm³/mol. The van der Waals surface area contributed by atoms with Gasteiger partial charge in [0, 0.05) is 36.7 Å². The fourth-order valence-corrected chi connectivity index (χ4v) is 3.35. The van der Waals surface area contributed by atoms with Crippen molar-refractivity contribution in [2.24, 2.45) is 5.92 Å². The predicted octanol–water partition coefficient (Wildman–Crippen LogP) is 4.05. The van der Waals surface area contributed by atoms with Gasteiger partial charge in [-0.2, -0.15) is 31.4 Å². The summed E-state index contributed by atoms with van der Waals surface area (Å²) in [6.45, 7) is 1.58. The SMILES string of the molecule is Cc1cn2c(=O)c(-c3cnn(CCC(F)(F)F)c3)c(C(F)(F)F)nc2n1CC1CC1. The van der Waals surface area contributed by atoms with E-state index in [9.17, 15) is 31.1 Å². The van der Waals surface area contributed by atoms with Crippen LogP contribution in [0.3, 0.4) is 0 Å². The molecule has 1 fully saturated rings. The highest BCUT2D eigenvalue weighted by Crippen LogP contribution is 2.35. The van der Waals surface area contributed by atoms with Crippen molar-refractivity contribution >= 4 is 5.78 Å². The van der Waals surface area contributed by atoms with Crippen LogP contribution >= 0.6 is 0 Å². The van der Waals surface area contributed by atoms with Crippen molar-refractivity contribution in [3.63, 3.8) is 0 Å². The lowest BCUT2D eigenvalue weighted by atomic mass is 10.1. The number of hydrogen-bond donors (Lipinski definition) is 0. The molecule has 30 heavy (non-hydrogen) atoms. The third-order valence-electron chi connectivity index (χ3n) is 5.03. The van der Waals surface area contributed by atoms with E-state index in [0.29, 0.717) is 18.2 Å². The van der Waals surface area contributed by atoms with E-state index in [-0.39, 0.29) is 11.3 Å². The van der Waals surface area contributed by atoms with Gasteiger partial charge >= 0.3 is 12.4 Å². The van der Waals surface area contributed by atoms with Crippen LogP contribution in [-0.2, 0) is 19.3 Å². The molecule has 0 radical (unpaired) electrons. The lowest BCUT2D eigenvalue weighted by Crippen LogP contribution is -2.24. The molecule has 1 aliphatic rings. The van der Waals surface area contributed by atoms with Crippen LogP contribution < -0.4 is 5.56 Å². The minimum Gasteiger partial charge on any atom is -0.314 e. The first-order chi connectivity index (χ1) is 13.9. The maximum atomic E-state index is 13.8. The highest BCUT2D eigenvalue weighted by atomic mass is 19.4. The number of halogens is 6. The zero-order valence-corrected chi connectivity index (χ0v) is 15.8. The molecule has 1 aliphatic carbocycles. The van der Waals surface area contributed by atoms with Crippen LogP contribution in [0, 0.1) is 12.8 Å². The van der Waals surface area contributed by atoms with Crippen LogP contribution in [-0.4, -0.2) is 29.9 Å². The molecule has 0 amide bonds. The summed E-state index contributed by atoms with van der Waals surface area (Å²) in [5.41, 5.74) is -2.69. The van der Waals surface area contributed by atoms with Gasteiger partial charge in [-0.25, -0.2) is 4.98 Å². The molecule has 162 valence electrons. The van der Waals surface area contributed by atoms with Gasteiger partial charge in [0.05, 0.1) is 18.2 Å². The molecule has 3 aromatic rings. The smallest absolute Gasteiger partial charge is 0.314 e. The topological polar surface area (TPSA) is 57.1 Å². The molecule has 6 nitrogen and oxygen atoms in total. The Morgan fingerprint density at radius 2 is 1.83 bits per heavy atom. The molecule has 12 heteroatoms. The summed E-state index contributed by atoms with van der Waals surface area (Å²) in [5.74, 6) is 0.239. The molecule has 0 saturated heterocycles. The summed E-state index contributed by atoms with van der Waals surface area (Å²) in [4.78, 5) is 16.7. The van der Waals surface area contributed by atoms with Crippen LogP contribution in [0.5, 0.6) is 0 Å². The number of fused-ring (bicyclic) bond motifs is 1. The van der Waals surface area contributed by atoms with E-state index in [0.717, 1.165) is 34.3 Å². The van der Waals surface area contributed by atoms with Gasteiger partial charge in [-0.1, -0.05) is 0 Å². The zero-order valence-electron chi connectivity index (χ0n) is 15.8. The number of aromatic nitrogens is 5. The summed E-state index contributed by atoms with van der Waals surface area (Å²) in [6, 6.07) is 0. The molecule has 1 saturated carbocycles. The molecule has 0 unspecified atom stereocenters. The van der Waals surface area contributed by atoms with Gasteiger partial charge in [-0.05, 0) is 25.7 Å². The standard InChI is InChI=1S/C18H17F6N5O/c1-10-7-29-15(30)13(12-6-25-27(9-12)5-4-17(19,20)21)14(18(22,23)24)26-16(29)28(10)8-11-2-3-11/h6-7,9,11H,2-5,8H2,1H3. The number of nitrogens with zero attached hydrogens (tertiary/aromatic N) is 5. The quantitative estimate of drug-likeness (QED) is 0.571. The van der Waals surface area contributed by atoms with Crippen LogP contribution in [0.2, 0.25) is 0 Å². The average Bonchev–Trinajstić information content (AvgIpc) is 3.22. The summed E-state index contributed by atoms with van der Waals surface area (Å²) >= 11 is 0. The molecule has 3 aromatic heterocycles. The van der Waals surface area contributed by atoms with E-state index < -0.39 is 42.1 Å². The molecule has 0 aliphatic heterocycles. The van der Waals surface area contributed by atoms with Gasteiger partial charge < -0.3 is 4.57 Å². The van der Waals surface area contributed by atoms with Crippen molar-refractivity contribution in [3.8, 4) is 11.1 Å². The number of alkyl halides is 6. The van der Waals surface area contributed by atoms with Crippen molar-refractivity contribution in [2.75, 3.05) is 0 Å². The van der Waals surface area contributed by atoms with E-state index in [4.69, 9.17) is 0 Å². The fourth-order valence-electron chi connectivity index (χ4n) is 3.35. The summed E-state index contributed by atoms with van der Waals surface area (Å²) < 4.78 is 82.0. The van der Waals surface area contributed by atoms with Crippen molar-refractivity contribution in [2.45, 2.75) is 51.6 Å². The third-order valence-corrected chi connectivity index (χ3v) is 5.03. The van der Waals surface area contributed by atoms with Gasteiger partial charge in [0.2, 0.25) is 5.78 Å². The first-order valence-electron chi connectivity index (χ1n) is 9.23. The highest BCUT2D eigenvalue weighted by molar-refractivity contribution is 5.65. The van der Waals surface area contributed by atoms with Gasteiger partial charge in [0.25, 0.3) is 5.56 Å². The van der Waals surface area contributed by atoms with Gasteiger partial charge in [-0.15, -0.1) is 0 Å². The molecular weight excluding hydrogens is 416 g/mol. The summed E-state index contributed by atoms with van der Waals surface area (Å²) in [6.07, 6.45) is -5.26. The fraction of sp³-hybridized carbons (Fsp3) is 0.500. The van der Waals surface area contributed by atoms with Crippen LogP contribution in [0.4, 0.5) is 26.3 Å². The van der Waals surface area contributed by atoms with E-state index >= 15 is 0 Å². The maximum absolute atomic E-state index is 13.8. The Balaban J connectivity index is 1.84. The Morgan fingerprint density at radius 3 is 2.43 bits per heavy atom. The molecule has 0 N–H and O–H groups in total. The Hall–Kier alpha value is -2.79. The minimum atomic E-state index is -4.93. The normalized spacial score (nSPS) is 15.3. The third kappa shape index (κ3) is 3.94. The molecule has 0 spiro atoms. The van der Waals surface area contributed by atoms with E-state index in [1.54, 1.807) is 11.5 Å². The lowest BCUT2D eigenvalue weighted by Gasteiger charge is -2.12. The highest BCUT2D eigenvalue weighted by Gasteiger charge is 2.39. The van der Waals surface area contributed by atoms with E-state index in [1.165, 1.54) is 6.20 Å². The Labute approximate surface area is 165 Å². The first kappa shape index (κ1) is 20.5. The largest absolute Gasteiger partial charge is 0.434 e. The number of imidazole rings is 1. The molecule has 0 aromatic carbocycles. The molecule has 0 atom stereocenters. The van der Waals surface area contributed by atoms with Crippen LogP contribution in [0.25, 0.3) is 16.9 Å². The van der Waals surface area contributed by atoms with Crippen molar-refractivity contribution in [1.29, 1.82) is 0 Å². The average molecular weight is 433 g/mol. The second-order valence-corrected chi connectivity index (χ2v) is 7.49. The molecular formula is C18H17F6N5O. The van der Waals surface area contributed by atoms with Crippen molar-refractivity contribution < 1.29 is 26.3 Å². The van der Waals surface area contributed by atoms with Gasteiger partial charge in [0.1, 0.15) is 0 Å². The second kappa shape index (κ2) is 6.88. The number of aryl methyl sites for hydroxylation is 2. The number of rotatable bonds is 5. The number of hydrogen-bond acceptors (Lipinski definition) is 3. The molecule has 4 rings (SSSR count). The van der Waals surface area contributed by atoms with E-state index in [1.807, 2.05) is 0 Å². The summed E-state index contributed by atoms with van der Waals surface area (Å²) in [5, 5.41) is 3.68. The maximum Gasteiger partial charge on any atom is 0.434 e.